The van der Waals surface area contributed by atoms with Gasteiger partial charge in [-0.3, -0.25) is 4.79 Å². The fourth-order valence-electron chi connectivity index (χ4n) is 1.42. The van der Waals surface area contributed by atoms with E-state index in [1.165, 1.54) is 11.1 Å². The van der Waals surface area contributed by atoms with Gasteiger partial charge < -0.3 is 5.32 Å². The van der Waals surface area contributed by atoms with Crippen LogP contribution in [0.4, 0.5) is 0 Å². The van der Waals surface area contributed by atoms with E-state index in [1.54, 1.807) is 0 Å². The SMILES string of the molecule is Cc1cc(C)cc(CNC(=O)CCl)c1. The van der Waals surface area contributed by atoms with Gasteiger partial charge in [0.05, 0.1) is 0 Å². The van der Waals surface area contributed by atoms with E-state index in [1.807, 2.05) is 13.8 Å². The second-order valence-electron chi connectivity index (χ2n) is 3.41. The third kappa shape index (κ3) is 3.38. The third-order valence-corrected chi connectivity index (χ3v) is 2.14. The van der Waals surface area contributed by atoms with E-state index in [-0.39, 0.29) is 11.8 Å². The molecule has 1 N–H and O–H groups in total. The number of carbonyl (C=O) groups excluding carboxylic acids is 1. The fourth-order valence-corrected chi connectivity index (χ4v) is 1.51. The summed E-state index contributed by atoms with van der Waals surface area (Å²) in [6.45, 7) is 4.63. The van der Waals surface area contributed by atoms with E-state index in [9.17, 15) is 4.79 Å². The molecule has 1 aromatic carbocycles. The quantitative estimate of drug-likeness (QED) is 0.763. The number of rotatable bonds is 3. The summed E-state index contributed by atoms with van der Waals surface area (Å²) in [5.74, 6) is -0.115. The molecule has 0 radical (unpaired) electrons. The number of halogens is 1. The second-order valence-corrected chi connectivity index (χ2v) is 3.67. The molecule has 0 aliphatic rings. The topological polar surface area (TPSA) is 29.1 Å². The van der Waals surface area contributed by atoms with Crippen LogP contribution in [0.1, 0.15) is 16.7 Å². The Morgan fingerprint density at radius 2 is 1.86 bits per heavy atom. The molecule has 0 saturated heterocycles. The van der Waals surface area contributed by atoms with Crippen LogP contribution >= 0.6 is 11.6 Å². The van der Waals surface area contributed by atoms with Crippen LogP contribution in [-0.4, -0.2) is 11.8 Å². The van der Waals surface area contributed by atoms with Crippen LogP contribution in [0.3, 0.4) is 0 Å². The fraction of sp³-hybridized carbons (Fsp3) is 0.364. The molecule has 0 spiro atoms. The molecule has 0 unspecified atom stereocenters. The van der Waals surface area contributed by atoms with Gasteiger partial charge in [0.1, 0.15) is 5.88 Å². The van der Waals surface area contributed by atoms with E-state index in [2.05, 4.69) is 23.5 Å². The molecule has 0 aliphatic heterocycles. The first-order chi connectivity index (χ1) is 6.61. The highest BCUT2D eigenvalue weighted by Crippen LogP contribution is 2.08. The Morgan fingerprint density at radius 3 is 2.36 bits per heavy atom. The van der Waals surface area contributed by atoms with Gasteiger partial charge in [0.2, 0.25) is 5.91 Å². The van der Waals surface area contributed by atoms with Gasteiger partial charge in [-0.1, -0.05) is 29.3 Å². The van der Waals surface area contributed by atoms with Gasteiger partial charge >= 0.3 is 0 Å². The Balaban J connectivity index is 2.63. The molecule has 1 amide bonds. The van der Waals surface area contributed by atoms with Gasteiger partial charge in [-0.05, 0) is 19.4 Å². The maximum absolute atomic E-state index is 10.9. The number of hydrogen-bond acceptors (Lipinski definition) is 1. The zero-order valence-electron chi connectivity index (χ0n) is 8.43. The first-order valence-electron chi connectivity index (χ1n) is 4.51. The summed E-state index contributed by atoms with van der Waals surface area (Å²) >= 11 is 5.37. The van der Waals surface area contributed by atoms with Crippen LogP contribution in [-0.2, 0) is 11.3 Å². The smallest absolute Gasteiger partial charge is 0.235 e. The number of nitrogens with one attached hydrogen (secondary N) is 1. The first kappa shape index (κ1) is 11.1. The Hall–Kier alpha value is -1.02. The molecule has 1 rings (SSSR count). The summed E-state index contributed by atoms with van der Waals surface area (Å²) in [6.07, 6.45) is 0. The lowest BCUT2D eigenvalue weighted by molar-refractivity contribution is -0.118. The highest BCUT2D eigenvalue weighted by Gasteiger charge is 1.99. The van der Waals surface area contributed by atoms with E-state index >= 15 is 0 Å². The second kappa shape index (κ2) is 5.01. The van der Waals surface area contributed by atoms with Crippen molar-refractivity contribution in [2.75, 3.05) is 5.88 Å². The summed E-state index contributed by atoms with van der Waals surface area (Å²) in [7, 11) is 0. The maximum Gasteiger partial charge on any atom is 0.235 e. The van der Waals surface area contributed by atoms with Crippen LogP contribution < -0.4 is 5.32 Å². The lowest BCUT2D eigenvalue weighted by Gasteiger charge is -2.05. The molecule has 1 aromatic rings. The van der Waals surface area contributed by atoms with Gasteiger partial charge in [0.15, 0.2) is 0 Å². The summed E-state index contributed by atoms with van der Waals surface area (Å²) in [6, 6.07) is 6.22. The van der Waals surface area contributed by atoms with Crippen molar-refractivity contribution in [1.82, 2.24) is 5.32 Å². The van der Waals surface area contributed by atoms with E-state index < -0.39 is 0 Å². The summed E-state index contributed by atoms with van der Waals surface area (Å²) in [5, 5.41) is 2.73. The minimum atomic E-state index is -0.133. The van der Waals surface area contributed by atoms with Crippen molar-refractivity contribution in [3.63, 3.8) is 0 Å². The maximum atomic E-state index is 10.9. The Labute approximate surface area is 89.3 Å². The number of hydrogen-bond donors (Lipinski definition) is 1. The molecule has 3 heteroatoms. The van der Waals surface area contributed by atoms with Gasteiger partial charge in [-0.25, -0.2) is 0 Å². The van der Waals surface area contributed by atoms with Crippen molar-refractivity contribution in [2.24, 2.45) is 0 Å². The average Bonchev–Trinajstić information content (AvgIpc) is 2.12. The van der Waals surface area contributed by atoms with Gasteiger partial charge in [-0.2, -0.15) is 0 Å². The highest BCUT2D eigenvalue weighted by molar-refractivity contribution is 6.27. The predicted octanol–water partition coefficient (Wildman–Crippen LogP) is 2.16. The van der Waals surface area contributed by atoms with Crippen molar-refractivity contribution < 1.29 is 4.79 Å². The minimum Gasteiger partial charge on any atom is -0.351 e. The molecule has 0 aromatic heterocycles. The zero-order chi connectivity index (χ0) is 10.6. The van der Waals surface area contributed by atoms with Crippen LogP contribution in [0.25, 0.3) is 0 Å². The summed E-state index contributed by atoms with van der Waals surface area (Å²) < 4.78 is 0. The normalized spacial score (nSPS) is 9.93. The van der Waals surface area contributed by atoms with Crippen molar-refractivity contribution in [3.05, 3.63) is 34.9 Å². The molecule has 0 saturated carbocycles. The van der Waals surface area contributed by atoms with Crippen molar-refractivity contribution in [2.45, 2.75) is 20.4 Å². The summed E-state index contributed by atoms with van der Waals surface area (Å²) in [4.78, 5) is 10.9. The minimum absolute atomic E-state index is 0.0186. The lowest BCUT2D eigenvalue weighted by atomic mass is 10.1. The molecule has 0 atom stereocenters. The number of benzene rings is 1. The van der Waals surface area contributed by atoms with Crippen LogP contribution in [0.2, 0.25) is 0 Å². The van der Waals surface area contributed by atoms with Crippen LogP contribution in [0, 0.1) is 13.8 Å². The van der Waals surface area contributed by atoms with E-state index in [0.717, 1.165) is 5.56 Å². The molecule has 2 nitrogen and oxygen atoms in total. The van der Waals surface area contributed by atoms with E-state index in [4.69, 9.17) is 11.6 Å². The highest BCUT2D eigenvalue weighted by atomic mass is 35.5. The van der Waals surface area contributed by atoms with Crippen LogP contribution in [0.15, 0.2) is 18.2 Å². The molecule has 0 heterocycles. The van der Waals surface area contributed by atoms with Crippen molar-refractivity contribution in [3.8, 4) is 0 Å². The van der Waals surface area contributed by atoms with Crippen molar-refractivity contribution >= 4 is 17.5 Å². The first-order valence-corrected chi connectivity index (χ1v) is 5.05. The molecule has 0 bridgehead atoms. The van der Waals surface area contributed by atoms with E-state index in [0.29, 0.717) is 6.54 Å². The standard InChI is InChI=1S/C11H14ClNO/c1-8-3-9(2)5-10(4-8)7-13-11(14)6-12/h3-5H,6-7H2,1-2H3,(H,13,14). The Bertz CT molecular complexity index is 316. The monoisotopic (exact) mass is 211 g/mol. The number of alkyl halides is 1. The number of amides is 1. The molecule has 0 fully saturated rings. The Morgan fingerprint density at radius 1 is 1.29 bits per heavy atom. The van der Waals surface area contributed by atoms with Gasteiger partial charge in [-0.15, -0.1) is 11.6 Å². The molecular weight excluding hydrogens is 198 g/mol. The van der Waals surface area contributed by atoms with Crippen molar-refractivity contribution in [1.29, 1.82) is 0 Å². The molecular formula is C11H14ClNO. The molecule has 76 valence electrons. The van der Waals surface area contributed by atoms with Gasteiger partial charge in [0.25, 0.3) is 0 Å². The van der Waals surface area contributed by atoms with Gasteiger partial charge in [0, 0.05) is 6.54 Å². The number of carbonyl (C=O) groups is 1. The largest absolute Gasteiger partial charge is 0.351 e. The summed E-state index contributed by atoms with van der Waals surface area (Å²) in [5.41, 5.74) is 3.53. The van der Waals surface area contributed by atoms with Crippen LogP contribution in [0.5, 0.6) is 0 Å². The molecule has 0 aliphatic carbocycles. The third-order valence-electron chi connectivity index (χ3n) is 1.89. The zero-order valence-corrected chi connectivity index (χ0v) is 9.19. The Kier molecular flexibility index (Phi) is 3.96. The molecule has 14 heavy (non-hydrogen) atoms. The predicted molar refractivity (Wildman–Crippen MR) is 58.5 cm³/mol. The number of aryl methyl sites for hydroxylation is 2. The lowest BCUT2D eigenvalue weighted by Crippen LogP contribution is -2.23. The average molecular weight is 212 g/mol.